The van der Waals surface area contributed by atoms with Crippen molar-refractivity contribution in [3.63, 3.8) is 0 Å². The minimum atomic E-state index is -0.254. The van der Waals surface area contributed by atoms with Crippen molar-refractivity contribution in [2.24, 2.45) is 0 Å². The summed E-state index contributed by atoms with van der Waals surface area (Å²) in [6.45, 7) is 6.08. The molecule has 1 aliphatic rings. The number of pyridine rings is 1. The molecule has 1 aliphatic carbocycles. The van der Waals surface area contributed by atoms with E-state index < -0.39 is 0 Å². The molecule has 2 aromatic heterocycles. The van der Waals surface area contributed by atoms with Crippen molar-refractivity contribution in [3.05, 3.63) is 45.9 Å². The predicted molar refractivity (Wildman–Crippen MR) is 118 cm³/mol. The van der Waals surface area contributed by atoms with Crippen LogP contribution >= 0.6 is 11.8 Å². The summed E-state index contributed by atoms with van der Waals surface area (Å²) < 4.78 is 0. The third kappa shape index (κ3) is 3.44. The summed E-state index contributed by atoms with van der Waals surface area (Å²) in [6.07, 6.45) is 3.85. The zero-order chi connectivity index (χ0) is 20.5. The van der Waals surface area contributed by atoms with Crippen molar-refractivity contribution in [2.45, 2.75) is 38.3 Å². The van der Waals surface area contributed by atoms with E-state index in [-0.39, 0.29) is 11.3 Å². The molecule has 0 saturated carbocycles. The standard InChI is InChI=1S/C22H24N4O2S/c1-4-26(5-2)14-11-9-13(10-12-14)17-18-15(7-6-8-16(18)27)23-20-19(17)21(28)25-22(24-20)29-3/h9-12H,4-8H2,1-3H3,(H,23,24,25,28). The van der Waals surface area contributed by atoms with Gasteiger partial charge in [-0.1, -0.05) is 23.9 Å². The van der Waals surface area contributed by atoms with Gasteiger partial charge in [-0.3, -0.25) is 9.59 Å². The van der Waals surface area contributed by atoms with E-state index >= 15 is 0 Å². The number of aromatic amines is 1. The fourth-order valence-corrected chi connectivity index (χ4v) is 4.41. The Morgan fingerprint density at radius 3 is 2.41 bits per heavy atom. The second-order valence-electron chi connectivity index (χ2n) is 7.08. The van der Waals surface area contributed by atoms with E-state index in [9.17, 15) is 9.59 Å². The Labute approximate surface area is 173 Å². The molecule has 0 amide bonds. The normalized spacial score (nSPS) is 13.6. The van der Waals surface area contributed by atoms with Crippen LogP contribution < -0.4 is 10.5 Å². The molecule has 0 aliphatic heterocycles. The van der Waals surface area contributed by atoms with Crippen LogP contribution in [0.1, 0.15) is 42.7 Å². The summed E-state index contributed by atoms with van der Waals surface area (Å²) >= 11 is 1.37. The predicted octanol–water partition coefficient (Wildman–Crippen LogP) is 4.07. The van der Waals surface area contributed by atoms with Gasteiger partial charge in [-0.15, -0.1) is 0 Å². The number of aromatic nitrogens is 3. The minimum Gasteiger partial charge on any atom is -0.372 e. The first-order chi connectivity index (χ1) is 14.1. The van der Waals surface area contributed by atoms with Crippen LogP contribution in [0.4, 0.5) is 5.69 Å². The van der Waals surface area contributed by atoms with E-state index in [0.29, 0.717) is 33.7 Å². The second-order valence-corrected chi connectivity index (χ2v) is 7.87. The number of fused-ring (bicyclic) bond motifs is 2. The zero-order valence-corrected chi connectivity index (χ0v) is 17.7. The molecular formula is C22H24N4O2S. The first kappa shape index (κ1) is 19.6. The van der Waals surface area contributed by atoms with Crippen LogP contribution in [0.15, 0.2) is 34.2 Å². The number of carbonyl (C=O) groups is 1. The maximum atomic E-state index is 12.9. The summed E-state index contributed by atoms with van der Waals surface area (Å²) in [4.78, 5) is 40.0. The fraction of sp³-hybridized carbons (Fsp3) is 0.364. The summed E-state index contributed by atoms with van der Waals surface area (Å²) in [5.74, 6) is 0.0526. The third-order valence-corrected chi connectivity index (χ3v) is 6.06. The van der Waals surface area contributed by atoms with E-state index in [1.807, 2.05) is 30.5 Å². The number of thioether (sulfide) groups is 1. The molecule has 0 saturated heterocycles. The fourth-order valence-electron chi connectivity index (χ4n) is 4.04. The van der Waals surface area contributed by atoms with Crippen molar-refractivity contribution in [2.75, 3.05) is 24.2 Å². The lowest BCUT2D eigenvalue weighted by atomic mass is 9.86. The Kier molecular flexibility index (Phi) is 5.41. The summed E-state index contributed by atoms with van der Waals surface area (Å²) in [7, 11) is 0. The molecule has 3 aromatic rings. The van der Waals surface area contributed by atoms with Gasteiger partial charge >= 0.3 is 0 Å². The van der Waals surface area contributed by atoms with Gasteiger partial charge in [0.05, 0.1) is 11.1 Å². The number of Topliss-reactive ketones (excluding diaryl/α,β-unsaturated/α-hetero) is 1. The molecular weight excluding hydrogens is 384 g/mol. The maximum Gasteiger partial charge on any atom is 0.261 e. The van der Waals surface area contributed by atoms with Gasteiger partial charge in [-0.05, 0) is 50.6 Å². The number of nitrogens with one attached hydrogen (secondary N) is 1. The van der Waals surface area contributed by atoms with E-state index in [1.165, 1.54) is 11.8 Å². The number of ketones is 1. The van der Waals surface area contributed by atoms with Crippen LogP contribution in [0.2, 0.25) is 0 Å². The molecule has 1 N–H and O–H groups in total. The zero-order valence-electron chi connectivity index (χ0n) is 16.9. The Bertz CT molecular complexity index is 1130. The average Bonchev–Trinajstić information content (AvgIpc) is 2.74. The van der Waals surface area contributed by atoms with Gasteiger partial charge in [0.15, 0.2) is 16.6 Å². The number of rotatable bonds is 5. The molecule has 0 unspecified atom stereocenters. The minimum absolute atomic E-state index is 0.0526. The molecule has 6 nitrogen and oxygen atoms in total. The van der Waals surface area contributed by atoms with Crippen LogP contribution in [0.3, 0.4) is 0 Å². The molecule has 2 heterocycles. The number of anilines is 1. The summed E-state index contributed by atoms with van der Waals surface area (Å²) in [6, 6.07) is 8.08. The van der Waals surface area contributed by atoms with Gasteiger partial charge in [-0.25, -0.2) is 9.97 Å². The topological polar surface area (TPSA) is 79.0 Å². The van der Waals surface area contributed by atoms with Crippen LogP contribution in [0.5, 0.6) is 0 Å². The van der Waals surface area contributed by atoms with Crippen molar-refractivity contribution >= 4 is 34.3 Å². The highest BCUT2D eigenvalue weighted by Gasteiger charge is 2.27. The molecule has 0 spiro atoms. The Morgan fingerprint density at radius 2 is 1.76 bits per heavy atom. The highest BCUT2D eigenvalue weighted by Crippen LogP contribution is 2.35. The van der Waals surface area contributed by atoms with Crippen LogP contribution in [-0.4, -0.2) is 40.1 Å². The number of carbonyl (C=O) groups excluding carboxylic acids is 1. The van der Waals surface area contributed by atoms with Gasteiger partial charge in [0.1, 0.15) is 0 Å². The van der Waals surface area contributed by atoms with Crippen molar-refractivity contribution in [3.8, 4) is 11.1 Å². The number of benzene rings is 1. The third-order valence-electron chi connectivity index (χ3n) is 5.48. The average molecular weight is 409 g/mol. The molecule has 4 rings (SSSR count). The molecule has 150 valence electrons. The van der Waals surface area contributed by atoms with Crippen LogP contribution in [0, 0.1) is 0 Å². The smallest absolute Gasteiger partial charge is 0.261 e. The van der Waals surface area contributed by atoms with Gasteiger partial charge in [0.25, 0.3) is 5.56 Å². The molecule has 0 atom stereocenters. The van der Waals surface area contributed by atoms with E-state index in [1.54, 1.807) is 0 Å². The number of aryl methyl sites for hydroxylation is 1. The Hall–Kier alpha value is -2.67. The number of hydrogen-bond acceptors (Lipinski definition) is 6. The first-order valence-corrected chi connectivity index (χ1v) is 11.2. The van der Waals surface area contributed by atoms with Crippen molar-refractivity contribution in [1.82, 2.24) is 15.0 Å². The molecule has 0 radical (unpaired) electrons. The number of nitrogens with zero attached hydrogens (tertiary/aromatic N) is 3. The molecule has 7 heteroatoms. The molecule has 0 bridgehead atoms. The lowest BCUT2D eigenvalue weighted by Gasteiger charge is -2.22. The largest absolute Gasteiger partial charge is 0.372 e. The highest BCUT2D eigenvalue weighted by atomic mass is 32.2. The Morgan fingerprint density at radius 1 is 1.03 bits per heavy atom. The van der Waals surface area contributed by atoms with Gasteiger partial charge < -0.3 is 9.88 Å². The van der Waals surface area contributed by atoms with E-state index in [4.69, 9.17) is 0 Å². The monoisotopic (exact) mass is 408 g/mol. The molecule has 0 fully saturated rings. The maximum absolute atomic E-state index is 12.9. The highest BCUT2D eigenvalue weighted by molar-refractivity contribution is 7.98. The molecule has 1 aromatic carbocycles. The number of H-pyrrole nitrogens is 1. The number of hydrogen-bond donors (Lipinski definition) is 1. The summed E-state index contributed by atoms with van der Waals surface area (Å²) in [5, 5.41) is 0.923. The lowest BCUT2D eigenvalue weighted by molar-refractivity contribution is 0.0972. The second kappa shape index (κ2) is 7.99. The van der Waals surface area contributed by atoms with Crippen molar-refractivity contribution in [1.29, 1.82) is 0 Å². The van der Waals surface area contributed by atoms with E-state index in [0.717, 1.165) is 42.9 Å². The van der Waals surface area contributed by atoms with E-state index in [2.05, 4.69) is 33.7 Å². The SMILES string of the molecule is CCN(CC)c1ccc(-c2c3c(nc4nc(SC)[nH]c(=O)c24)CCCC3=O)cc1. The quantitative estimate of drug-likeness (QED) is 0.506. The summed E-state index contributed by atoms with van der Waals surface area (Å²) in [5.41, 5.74) is 4.13. The molecule has 29 heavy (non-hydrogen) atoms. The first-order valence-electron chi connectivity index (χ1n) is 9.96. The van der Waals surface area contributed by atoms with Crippen LogP contribution in [-0.2, 0) is 6.42 Å². The van der Waals surface area contributed by atoms with Gasteiger partial charge in [0.2, 0.25) is 0 Å². The lowest BCUT2D eigenvalue weighted by Crippen LogP contribution is -2.21. The van der Waals surface area contributed by atoms with Gasteiger partial charge in [0, 0.05) is 36.3 Å². The van der Waals surface area contributed by atoms with Gasteiger partial charge in [-0.2, -0.15) is 0 Å². The van der Waals surface area contributed by atoms with Crippen molar-refractivity contribution < 1.29 is 4.79 Å². The van der Waals surface area contributed by atoms with Crippen LogP contribution in [0.25, 0.3) is 22.2 Å². The Balaban J connectivity index is 2.00.